The van der Waals surface area contributed by atoms with Gasteiger partial charge in [-0.25, -0.2) is 0 Å². The van der Waals surface area contributed by atoms with Crippen LogP contribution < -0.4 is 0 Å². The molecule has 0 saturated heterocycles. The van der Waals surface area contributed by atoms with Crippen LogP contribution in [0.3, 0.4) is 0 Å². The summed E-state index contributed by atoms with van der Waals surface area (Å²) in [5, 5.41) is 10.5. The molecule has 0 unspecified atom stereocenters. The molecule has 0 aromatic heterocycles. The lowest BCUT2D eigenvalue weighted by Crippen LogP contribution is -1.93. The SMILES string of the molecule is Cc1ccccc1-c1c2ccccc2c(-c2ccccc2C)c2ccccc12.Cc1ccccc1-c1c2ccccc2c(-c2ccccc2C)c2ccccc12. The van der Waals surface area contributed by atoms with Crippen LogP contribution in [0.5, 0.6) is 0 Å². The van der Waals surface area contributed by atoms with Crippen molar-refractivity contribution in [3.05, 3.63) is 216 Å². The number of hydrogen-bond donors (Lipinski definition) is 0. The van der Waals surface area contributed by atoms with E-state index in [-0.39, 0.29) is 0 Å². The Kier molecular flexibility index (Phi) is 9.25. The van der Waals surface area contributed by atoms with Gasteiger partial charge in [-0.15, -0.1) is 0 Å². The zero-order valence-corrected chi connectivity index (χ0v) is 32.5. The van der Waals surface area contributed by atoms with Crippen LogP contribution in [0.4, 0.5) is 0 Å². The minimum absolute atomic E-state index is 1.31. The number of rotatable bonds is 4. The Morgan fingerprint density at radius 3 is 0.482 bits per heavy atom. The number of fused-ring (bicyclic) bond motifs is 4. The van der Waals surface area contributed by atoms with Gasteiger partial charge in [0.25, 0.3) is 0 Å². The van der Waals surface area contributed by atoms with Crippen LogP contribution in [0, 0.1) is 27.7 Å². The number of hydrogen-bond acceptors (Lipinski definition) is 0. The molecule has 0 aliphatic heterocycles. The largest absolute Gasteiger partial charge is 0.0620 e. The molecule has 10 aromatic carbocycles. The first-order chi connectivity index (χ1) is 27.5. The fraction of sp³-hybridized carbons (Fsp3) is 0.0714. The summed E-state index contributed by atoms with van der Waals surface area (Å²) in [6.45, 7) is 8.81. The van der Waals surface area contributed by atoms with E-state index in [2.05, 4.69) is 222 Å². The molecular weight excluding hydrogens is 673 g/mol. The average Bonchev–Trinajstić information content (AvgIpc) is 3.24. The lowest BCUT2D eigenvalue weighted by molar-refractivity contribution is 1.47. The van der Waals surface area contributed by atoms with Gasteiger partial charge >= 0.3 is 0 Å². The monoisotopic (exact) mass is 716 g/mol. The molecule has 0 N–H and O–H groups in total. The lowest BCUT2D eigenvalue weighted by atomic mass is 9.84. The van der Waals surface area contributed by atoms with Crippen LogP contribution >= 0.6 is 0 Å². The predicted octanol–water partition coefficient (Wildman–Crippen LogP) is 15.9. The molecule has 0 aliphatic carbocycles. The highest BCUT2D eigenvalue weighted by molar-refractivity contribution is 6.23. The fourth-order valence-corrected chi connectivity index (χ4v) is 8.83. The van der Waals surface area contributed by atoms with Gasteiger partial charge in [0.05, 0.1) is 0 Å². The molecular formula is C56H44. The first-order valence-corrected chi connectivity index (χ1v) is 19.6. The molecule has 0 spiro atoms. The lowest BCUT2D eigenvalue weighted by Gasteiger charge is -2.19. The van der Waals surface area contributed by atoms with Crippen molar-refractivity contribution in [3.8, 4) is 44.5 Å². The van der Waals surface area contributed by atoms with E-state index in [9.17, 15) is 0 Å². The van der Waals surface area contributed by atoms with Crippen molar-refractivity contribution in [1.82, 2.24) is 0 Å². The third kappa shape index (κ3) is 6.05. The van der Waals surface area contributed by atoms with Crippen LogP contribution in [0.25, 0.3) is 87.6 Å². The van der Waals surface area contributed by atoms with Gasteiger partial charge < -0.3 is 0 Å². The van der Waals surface area contributed by atoms with Crippen molar-refractivity contribution >= 4 is 43.1 Å². The highest BCUT2D eigenvalue weighted by Gasteiger charge is 2.19. The second-order valence-corrected chi connectivity index (χ2v) is 14.9. The number of aryl methyl sites for hydroxylation is 4. The van der Waals surface area contributed by atoms with E-state index < -0.39 is 0 Å². The van der Waals surface area contributed by atoms with Crippen molar-refractivity contribution in [2.24, 2.45) is 0 Å². The van der Waals surface area contributed by atoms with Crippen LogP contribution in [0.15, 0.2) is 194 Å². The zero-order chi connectivity index (χ0) is 38.2. The Hall–Kier alpha value is -6.76. The van der Waals surface area contributed by atoms with Gasteiger partial charge in [0.15, 0.2) is 0 Å². The maximum absolute atomic E-state index is 2.27. The van der Waals surface area contributed by atoms with Gasteiger partial charge in [-0.05, 0) is 138 Å². The van der Waals surface area contributed by atoms with Crippen molar-refractivity contribution < 1.29 is 0 Å². The van der Waals surface area contributed by atoms with E-state index in [1.807, 2.05) is 0 Å². The van der Waals surface area contributed by atoms with E-state index in [4.69, 9.17) is 0 Å². The molecule has 0 fully saturated rings. The molecule has 10 aromatic rings. The Labute approximate surface area is 330 Å². The molecule has 0 aliphatic rings. The van der Waals surface area contributed by atoms with E-state index in [0.29, 0.717) is 0 Å². The highest BCUT2D eigenvalue weighted by Crippen LogP contribution is 2.46. The molecule has 0 atom stereocenters. The second kappa shape index (κ2) is 14.8. The molecule has 268 valence electrons. The van der Waals surface area contributed by atoms with Crippen molar-refractivity contribution in [2.75, 3.05) is 0 Å². The van der Waals surface area contributed by atoms with Crippen LogP contribution in [-0.4, -0.2) is 0 Å². The summed E-state index contributed by atoms with van der Waals surface area (Å²) in [4.78, 5) is 0. The third-order valence-corrected chi connectivity index (χ3v) is 11.5. The maximum Gasteiger partial charge on any atom is -0.00237 e. The topological polar surface area (TPSA) is 0 Å². The Morgan fingerprint density at radius 1 is 0.179 bits per heavy atom. The highest BCUT2D eigenvalue weighted by atomic mass is 14.2. The smallest absolute Gasteiger partial charge is 0.00237 e. The van der Waals surface area contributed by atoms with Gasteiger partial charge in [-0.1, -0.05) is 194 Å². The van der Waals surface area contributed by atoms with Gasteiger partial charge in [0, 0.05) is 0 Å². The zero-order valence-electron chi connectivity index (χ0n) is 32.5. The minimum Gasteiger partial charge on any atom is -0.0620 e. The summed E-state index contributed by atoms with van der Waals surface area (Å²) < 4.78 is 0. The molecule has 0 radical (unpaired) electrons. The third-order valence-electron chi connectivity index (χ3n) is 11.5. The molecule has 0 amide bonds. The van der Waals surface area contributed by atoms with Gasteiger partial charge in [0.1, 0.15) is 0 Å². The fourth-order valence-electron chi connectivity index (χ4n) is 8.83. The van der Waals surface area contributed by atoms with E-state index in [1.54, 1.807) is 0 Å². The molecule has 0 saturated carbocycles. The standard InChI is InChI=1S/2C28H22/c2*1-19-11-3-5-13-21(19)27-23-15-7-9-17-25(23)28(22-14-6-4-12-20(22)2)26-18-10-8-16-24(26)27/h2*3-18H,1-2H3. The van der Waals surface area contributed by atoms with Gasteiger partial charge in [-0.2, -0.15) is 0 Å². The maximum atomic E-state index is 2.27. The summed E-state index contributed by atoms with van der Waals surface area (Å²) >= 11 is 0. The van der Waals surface area contributed by atoms with E-state index in [1.165, 1.54) is 110 Å². The molecule has 0 heterocycles. The first-order valence-electron chi connectivity index (χ1n) is 19.6. The molecule has 0 nitrogen and oxygen atoms in total. The van der Waals surface area contributed by atoms with Crippen LogP contribution in [0.2, 0.25) is 0 Å². The molecule has 56 heavy (non-hydrogen) atoms. The normalized spacial score (nSPS) is 11.2. The van der Waals surface area contributed by atoms with Crippen molar-refractivity contribution in [1.29, 1.82) is 0 Å². The molecule has 10 rings (SSSR count). The second-order valence-electron chi connectivity index (χ2n) is 14.9. The van der Waals surface area contributed by atoms with Crippen LogP contribution in [0.1, 0.15) is 22.3 Å². The van der Waals surface area contributed by atoms with Gasteiger partial charge in [-0.3, -0.25) is 0 Å². The predicted molar refractivity (Wildman–Crippen MR) is 244 cm³/mol. The summed E-state index contributed by atoms with van der Waals surface area (Å²) in [5.74, 6) is 0. The Balaban J connectivity index is 0.000000146. The Morgan fingerprint density at radius 2 is 0.321 bits per heavy atom. The van der Waals surface area contributed by atoms with Crippen molar-refractivity contribution in [3.63, 3.8) is 0 Å². The minimum atomic E-state index is 1.31. The quantitative estimate of drug-likeness (QED) is 0.159. The van der Waals surface area contributed by atoms with E-state index in [0.717, 1.165) is 0 Å². The van der Waals surface area contributed by atoms with Crippen LogP contribution in [-0.2, 0) is 0 Å². The van der Waals surface area contributed by atoms with Gasteiger partial charge in [0.2, 0.25) is 0 Å². The first kappa shape index (κ1) is 35.0. The van der Waals surface area contributed by atoms with Crippen molar-refractivity contribution in [2.45, 2.75) is 27.7 Å². The summed E-state index contributed by atoms with van der Waals surface area (Å²) in [6, 6.07) is 70.2. The average molecular weight is 717 g/mol. The summed E-state index contributed by atoms with van der Waals surface area (Å²) in [6.07, 6.45) is 0. The summed E-state index contributed by atoms with van der Waals surface area (Å²) in [5.41, 5.74) is 15.8. The van der Waals surface area contributed by atoms with E-state index >= 15 is 0 Å². The number of benzene rings is 10. The molecule has 0 bridgehead atoms. The summed E-state index contributed by atoms with van der Waals surface area (Å²) in [7, 11) is 0. The Bertz CT molecular complexity index is 2540. The molecule has 0 heteroatoms.